The molecule has 1 N–H and O–H groups in total. The number of aromatic nitrogens is 2. The number of hydrogen-bond donors (Lipinski definition) is 1. The Morgan fingerprint density at radius 1 is 1.03 bits per heavy atom. The molecule has 0 atom stereocenters. The van der Waals surface area contributed by atoms with Gasteiger partial charge in [-0.1, -0.05) is 37.3 Å². The van der Waals surface area contributed by atoms with E-state index in [9.17, 15) is 14.4 Å². The van der Waals surface area contributed by atoms with Gasteiger partial charge in [0.25, 0.3) is 5.56 Å². The SMILES string of the molecule is CCOC(=O)C(C)(C)Oc1ccc(NC(=O)Cn2c(CC)nc(-c3ccccc3)cc2=O)cc1. The molecule has 0 saturated carbocycles. The van der Waals surface area contributed by atoms with Crippen molar-refractivity contribution in [2.45, 2.75) is 46.3 Å². The lowest BCUT2D eigenvalue weighted by atomic mass is 10.1. The molecular formula is C26H29N3O5. The van der Waals surface area contributed by atoms with Gasteiger partial charge in [-0.15, -0.1) is 0 Å². The number of carbonyl (C=O) groups excluding carboxylic acids is 2. The Balaban J connectivity index is 1.69. The largest absolute Gasteiger partial charge is 0.476 e. The maximum Gasteiger partial charge on any atom is 0.349 e. The quantitative estimate of drug-likeness (QED) is 0.484. The van der Waals surface area contributed by atoms with Crippen LogP contribution in [0, 0.1) is 0 Å². The molecule has 0 aliphatic heterocycles. The van der Waals surface area contributed by atoms with Crippen molar-refractivity contribution in [2.24, 2.45) is 0 Å². The Morgan fingerprint density at radius 3 is 2.32 bits per heavy atom. The highest BCUT2D eigenvalue weighted by Gasteiger charge is 2.31. The van der Waals surface area contributed by atoms with Crippen LogP contribution in [-0.2, 0) is 27.3 Å². The smallest absolute Gasteiger partial charge is 0.349 e. The maximum atomic E-state index is 12.7. The first-order valence-corrected chi connectivity index (χ1v) is 11.2. The van der Waals surface area contributed by atoms with Crippen LogP contribution in [-0.4, -0.2) is 33.6 Å². The van der Waals surface area contributed by atoms with Gasteiger partial charge >= 0.3 is 5.97 Å². The summed E-state index contributed by atoms with van der Waals surface area (Å²) >= 11 is 0. The van der Waals surface area contributed by atoms with Crippen molar-refractivity contribution in [3.63, 3.8) is 0 Å². The number of ether oxygens (including phenoxy) is 2. The molecule has 8 heteroatoms. The number of anilines is 1. The number of benzene rings is 2. The van der Waals surface area contributed by atoms with Crippen LogP contribution in [0.2, 0.25) is 0 Å². The number of carbonyl (C=O) groups is 2. The highest BCUT2D eigenvalue weighted by Crippen LogP contribution is 2.22. The van der Waals surface area contributed by atoms with Gasteiger partial charge in [-0.05, 0) is 45.0 Å². The zero-order valence-electron chi connectivity index (χ0n) is 19.8. The fourth-order valence-corrected chi connectivity index (χ4v) is 3.34. The summed E-state index contributed by atoms with van der Waals surface area (Å²) in [6.07, 6.45) is 0.505. The second kappa shape index (κ2) is 10.8. The van der Waals surface area contributed by atoms with E-state index in [1.54, 1.807) is 45.0 Å². The van der Waals surface area contributed by atoms with Gasteiger partial charge in [0.1, 0.15) is 18.1 Å². The summed E-state index contributed by atoms with van der Waals surface area (Å²) in [5.74, 6) is 0.177. The molecule has 0 saturated heterocycles. The van der Waals surface area contributed by atoms with Gasteiger partial charge in [-0.3, -0.25) is 14.2 Å². The molecule has 0 spiro atoms. The standard InChI is InChI=1S/C26H29N3O5/c1-5-22-28-21(18-10-8-7-9-11-18)16-24(31)29(22)17-23(30)27-19-12-14-20(15-13-19)34-26(3,4)25(32)33-6-2/h7-16H,5-6,17H2,1-4H3,(H,27,30). The van der Waals surface area contributed by atoms with E-state index < -0.39 is 11.6 Å². The highest BCUT2D eigenvalue weighted by molar-refractivity contribution is 5.90. The van der Waals surface area contributed by atoms with Gasteiger partial charge in [0.05, 0.1) is 12.3 Å². The van der Waals surface area contributed by atoms with Crippen molar-refractivity contribution >= 4 is 17.6 Å². The Kier molecular flexibility index (Phi) is 7.83. The predicted molar refractivity (Wildman–Crippen MR) is 130 cm³/mol. The van der Waals surface area contributed by atoms with E-state index in [2.05, 4.69) is 10.3 Å². The van der Waals surface area contributed by atoms with E-state index in [0.29, 0.717) is 29.4 Å². The lowest BCUT2D eigenvalue weighted by Gasteiger charge is -2.24. The van der Waals surface area contributed by atoms with Gasteiger partial charge in [0.15, 0.2) is 5.60 Å². The summed E-state index contributed by atoms with van der Waals surface area (Å²) in [5, 5.41) is 2.77. The maximum absolute atomic E-state index is 12.7. The van der Waals surface area contributed by atoms with Crippen LogP contribution in [0.3, 0.4) is 0 Å². The summed E-state index contributed by atoms with van der Waals surface area (Å²) in [6.45, 7) is 6.99. The molecule has 0 bridgehead atoms. The van der Waals surface area contributed by atoms with E-state index in [1.807, 2.05) is 37.3 Å². The molecule has 0 aliphatic rings. The molecule has 1 aromatic heterocycles. The average molecular weight is 464 g/mol. The molecule has 8 nitrogen and oxygen atoms in total. The summed E-state index contributed by atoms with van der Waals surface area (Å²) < 4.78 is 12.1. The van der Waals surface area contributed by atoms with Gasteiger partial charge in [-0.25, -0.2) is 9.78 Å². The number of nitrogens with one attached hydrogen (secondary N) is 1. The molecule has 3 aromatic rings. The number of nitrogens with zero attached hydrogens (tertiary/aromatic N) is 2. The van der Waals surface area contributed by atoms with Crippen molar-refractivity contribution in [2.75, 3.05) is 11.9 Å². The molecule has 0 unspecified atom stereocenters. The van der Waals surface area contributed by atoms with E-state index in [1.165, 1.54) is 10.6 Å². The van der Waals surface area contributed by atoms with Crippen molar-refractivity contribution in [1.82, 2.24) is 9.55 Å². The fourth-order valence-electron chi connectivity index (χ4n) is 3.34. The Labute approximate surface area is 198 Å². The first kappa shape index (κ1) is 24.7. The minimum Gasteiger partial charge on any atom is -0.476 e. The molecule has 34 heavy (non-hydrogen) atoms. The molecule has 0 aliphatic carbocycles. The monoisotopic (exact) mass is 463 g/mol. The van der Waals surface area contributed by atoms with Crippen molar-refractivity contribution in [1.29, 1.82) is 0 Å². The molecule has 1 heterocycles. The summed E-state index contributed by atoms with van der Waals surface area (Å²) in [4.78, 5) is 42.0. The van der Waals surface area contributed by atoms with Crippen LogP contribution < -0.4 is 15.6 Å². The topological polar surface area (TPSA) is 99.5 Å². The molecule has 0 fully saturated rings. The first-order valence-electron chi connectivity index (χ1n) is 11.2. The number of rotatable bonds is 9. The summed E-state index contributed by atoms with van der Waals surface area (Å²) in [6, 6.07) is 17.5. The second-order valence-electron chi connectivity index (χ2n) is 8.11. The first-order chi connectivity index (χ1) is 16.2. The van der Waals surface area contributed by atoms with Crippen molar-refractivity contribution in [3.05, 3.63) is 76.8 Å². The number of aryl methyl sites for hydroxylation is 1. The normalized spacial score (nSPS) is 11.1. The third-order valence-electron chi connectivity index (χ3n) is 5.05. The molecule has 2 aromatic carbocycles. The summed E-state index contributed by atoms with van der Waals surface area (Å²) in [7, 11) is 0. The zero-order chi connectivity index (χ0) is 24.7. The van der Waals surface area contributed by atoms with E-state index in [4.69, 9.17) is 9.47 Å². The minimum atomic E-state index is -1.14. The predicted octanol–water partition coefficient (Wildman–Crippen LogP) is 3.83. The molecule has 0 radical (unpaired) electrons. The minimum absolute atomic E-state index is 0.155. The van der Waals surface area contributed by atoms with Gasteiger partial charge in [0.2, 0.25) is 5.91 Å². The average Bonchev–Trinajstić information content (AvgIpc) is 2.82. The van der Waals surface area contributed by atoms with Gasteiger partial charge in [-0.2, -0.15) is 0 Å². The Hall–Kier alpha value is -3.94. The second-order valence-corrected chi connectivity index (χ2v) is 8.11. The lowest BCUT2D eigenvalue weighted by molar-refractivity contribution is -0.158. The van der Waals surface area contributed by atoms with Crippen LogP contribution in [0.25, 0.3) is 11.3 Å². The van der Waals surface area contributed by atoms with Crippen LogP contribution in [0.15, 0.2) is 65.5 Å². The third-order valence-corrected chi connectivity index (χ3v) is 5.05. The third kappa shape index (κ3) is 6.10. The van der Waals surface area contributed by atoms with E-state index >= 15 is 0 Å². The number of esters is 1. The van der Waals surface area contributed by atoms with Crippen LogP contribution >= 0.6 is 0 Å². The summed E-state index contributed by atoms with van der Waals surface area (Å²) in [5.41, 5.74) is 0.536. The molecule has 3 rings (SSSR count). The number of hydrogen-bond acceptors (Lipinski definition) is 6. The molecule has 178 valence electrons. The molecular weight excluding hydrogens is 434 g/mol. The van der Waals surface area contributed by atoms with Crippen molar-refractivity contribution in [3.8, 4) is 17.0 Å². The molecule has 1 amide bonds. The van der Waals surface area contributed by atoms with Crippen LogP contribution in [0.4, 0.5) is 5.69 Å². The van der Waals surface area contributed by atoms with Gasteiger partial charge in [0, 0.05) is 23.7 Å². The lowest BCUT2D eigenvalue weighted by Crippen LogP contribution is -2.39. The fraction of sp³-hybridized carbons (Fsp3) is 0.308. The van der Waals surface area contributed by atoms with Crippen LogP contribution in [0.1, 0.15) is 33.5 Å². The Bertz CT molecular complexity index is 1200. The van der Waals surface area contributed by atoms with Crippen LogP contribution in [0.5, 0.6) is 5.75 Å². The Morgan fingerprint density at radius 2 is 1.71 bits per heavy atom. The zero-order valence-corrected chi connectivity index (χ0v) is 19.8. The highest BCUT2D eigenvalue weighted by atomic mass is 16.6. The van der Waals surface area contributed by atoms with Gasteiger partial charge < -0.3 is 14.8 Å². The van der Waals surface area contributed by atoms with E-state index in [0.717, 1.165) is 5.56 Å². The van der Waals surface area contributed by atoms with E-state index in [-0.39, 0.29) is 24.6 Å². The number of amides is 1. The van der Waals surface area contributed by atoms with Crippen molar-refractivity contribution < 1.29 is 19.1 Å².